The number of carboxylic acid groups (broad SMARTS) is 1. The highest BCUT2D eigenvalue weighted by atomic mass is 16.4. The van der Waals surface area contributed by atoms with Gasteiger partial charge in [0.05, 0.1) is 0 Å². The van der Waals surface area contributed by atoms with E-state index in [1.807, 2.05) is 25.9 Å². The third-order valence-corrected chi connectivity index (χ3v) is 2.98. The number of aliphatic carboxylic acids is 1. The molecule has 0 rings (SSSR count). The lowest BCUT2D eigenvalue weighted by Gasteiger charge is -2.24. The quantitative estimate of drug-likeness (QED) is 0.512. The van der Waals surface area contributed by atoms with Crippen molar-refractivity contribution in [3.8, 4) is 0 Å². The number of carbonyl (C=O) groups excluding carboxylic acids is 2. The van der Waals surface area contributed by atoms with Gasteiger partial charge >= 0.3 is 12.0 Å². The van der Waals surface area contributed by atoms with E-state index in [0.717, 1.165) is 13.0 Å². The number of hydrogen-bond donors (Lipinski definition) is 3. The van der Waals surface area contributed by atoms with Gasteiger partial charge in [-0.25, -0.2) is 9.59 Å². The maximum Gasteiger partial charge on any atom is 0.326 e. The molecule has 0 aromatic carbocycles. The molecule has 0 fully saturated rings. The predicted octanol–water partition coefficient (Wildman–Crippen LogP) is -0.312. The van der Waals surface area contributed by atoms with Gasteiger partial charge < -0.3 is 26.0 Å². The summed E-state index contributed by atoms with van der Waals surface area (Å²) >= 11 is 0. The number of nitrogens with two attached hydrogens (primary N) is 1. The van der Waals surface area contributed by atoms with E-state index in [1.165, 1.54) is 0 Å². The van der Waals surface area contributed by atoms with E-state index in [-0.39, 0.29) is 12.8 Å². The molecule has 0 aliphatic heterocycles. The Morgan fingerprint density at radius 2 is 1.86 bits per heavy atom. The Balaban J connectivity index is 4.41. The average Bonchev–Trinajstić information content (AvgIpc) is 2.38. The molecule has 0 saturated heterocycles. The molecule has 0 aliphatic carbocycles. The molecule has 0 heterocycles. The first-order valence-corrected chi connectivity index (χ1v) is 6.99. The van der Waals surface area contributed by atoms with Crippen LogP contribution in [0.5, 0.6) is 0 Å². The fraction of sp³-hybridized carbons (Fsp3) is 0.769. The molecule has 21 heavy (non-hydrogen) atoms. The highest BCUT2D eigenvalue weighted by molar-refractivity contribution is 5.83. The van der Waals surface area contributed by atoms with Crippen LogP contribution in [0.1, 0.15) is 26.2 Å². The highest BCUT2D eigenvalue weighted by Gasteiger charge is 2.22. The van der Waals surface area contributed by atoms with E-state index in [0.29, 0.717) is 13.1 Å². The lowest BCUT2D eigenvalue weighted by atomic mass is 10.1. The van der Waals surface area contributed by atoms with Gasteiger partial charge in [0.15, 0.2) is 0 Å². The van der Waals surface area contributed by atoms with Crippen molar-refractivity contribution in [3.63, 3.8) is 0 Å². The second kappa shape index (κ2) is 9.98. The standard InChI is InChI=1S/C13H26N4O4/c1-4-17(9-5-8-16(2)3)13(21)15-10(12(19)20)6-7-11(14)18/h10H,4-9H2,1-3H3,(H2,14,18)(H,15,21)(H,19,20)/t10-/m1/s1. The highest BCUT2D eigenvalue weighted by Crippen LogP contribution is 2.01. The molecule has 4 N–H and O–H groups in total. The van der Waals surface area contributed by atoms with Crippen LogP contribution >= 0.6 is 0 Å². The molecule has 0 bridgehead atoms. The van der Waals surface area contributed by atoms with Crippen LogP contribution in [0.15, 0.2) is 0 Å². The van der Waals surface area contributed by atoms with Crippen molar-refractivity contribution in [3.05, 3.63) is 0 Å². The number of hydrogen-bond acceptors (Lipinski definition) is 4. The number of carbonyl (C=O) groups is 3. The molecular formula is C13H26N4O4. The van der Waals surface area contributed by atoms with Gasteiger partial charge in [-0.15, -0.1) is 0 Å². The molecule has 0 saturated carbocycles. The molecule has 0 unspecified atom stereocenters. The van der Waals surface area contributed by atoms with Crippen LogP contribution in [0, 0.1) is 0 Å². The second-order valence-electron chi connectivity index (χ2n) is 5.08. The van der Waals surface area contributed by atoms with Crippen LogP contribution in [0.2, 0.25) is 0 Å². The Labute approximate surface area is 125 Å². The molecule has 0 aromatic rings. The summed E-state index contributed by atoms with van der Waals surface area (Å²) in [5.41, 5.74) is 4.99. The number of amides is 3. The number of urea groups is 1. The third kappa shape index (κ3) is 8.85. The molecule has 0 radical (unpaired) electrons. The zero-order chi connectivity index (χ0) is 16.4. The van der Waals surface area contributed by atoms with E-state index in [1.54, 1.807) is 4.90 Å². The van der Waals surface area contributed by atoms with Gasteiger partial charge in [0.25, 0.3) is 0 Å². The fourth-order valence-corrected chi connectivity index (χ4v) is 1.77. The van der Waals surface area contributed by atoms with E-state index < -0.39 is 23.9 Å². The topological polar surface area (TPSA) is 116 Å². The average molecular weight is 302 g/mol. The summed E-state index contributed by atoms with van der Waals surface area (Å²) in [5.74, 6) is -1.76. The number of rotatable bonds is 10. The maximum atomic E-state index is 12.0. The van der Waals surface area contributed by atoms with Crippen molar-refractivity contribution in [2.45, 2.75) is 32.2 Å². The second-order valence-corrected chi connectivity index (χ2v) is 5.08. The van der Waals surface area contributed by atoms with E-state index >= 15 is 0 Å². The van der Waals surface area contributed by atoms with Gasteiger partial charge in [-0.3, -0.25) is 4.79 Å². The molecular weight excluding hydrogens is 276 g/mol. The number of nitrogens with zero attached hydrogens (tertiary/aromatic N) is 2. The van der Waals surface area contributed by atoms with Gasteiger partial charge in [-0.05, 0) is 40.4 Å². The maximum absolute atomic E-state index is 12.0. The van der Waals surface area contributed by atoms with Gasteiger partial charge in [-0.1, -0.05) is 0 Å². The summed E-state index contributed by atoms with van der Waals surface area (Å²) in [6.45, 7) is 3.70. The van der Waals surface area contributed by atoms with Gasteiger partial charge in [0.1, 0.15) is 6.04 Å². The minimum Gasteiger partial charge on any atom is -0.480 e. The number of nitrogens with one attached hydrogen (secondary N) is 1. The molecule has 8 nitrogen and oxygen atoms in total. The normalized spacial score (nSPS) is 12.0. The predicted molar refractivity (Wildman–Crippen MR) is 78.8 cm³/mol. The molecule has 0 aliphatic rings. The zero-order valence-corrected chi connectivity index (χ0v) is 13.0. The first-order chi connectivity index (χ1) is 9.77. The van der Waals surface area contributed by atoms with Crippen molar-refractivity contribution >= 4 is 17.9 Å². The van der Waals surface area contributed by atoms with Gasteiger partial charge in [-0.2, -0.15) is 0 Å². The third-order valence-electron chi connectivity index (χ3n) is 2.98. The Morgan fingerprint density at radius 3 is 2.29 bits per heavy atom. The minimum atomic E-state index is -1.17. The largest absolute Gasteiger partial charge is 0.480 e. The molecule has 8 heteroatoms. The fourth-order valence-electron chi connectivity index (χ4n) is 1.77. The first kappa shape index (κ1) is 19.2. The SMILES string of the molecule is CCN(CCCN(C)C)C(=O)N[C@H](CCC(N)=O)C(=O)O. The van der Waals surface area contributed by atoms with E-state index in [4.69, 9.17) is 10.8 Å². The minimum absolute atomic E-state index is 0.00828. The van der Waals surface area contributed by atoms with Crippen LogP contribution < -0.4 is 11.1 Å². The van der Waals surface area contributed by atoms with Gasteiger partial charge in [0, 0.05) is 19.5 Å². The van der Waals surface area contributed by atoms with Crippen LogP contribution in [0.3, 0.4) is 0 Å². The summed E-state index contributed by atoms with van der Waals surface area (Å²) in [5, 5.41) is 11.5. The molecule has 1 atom stereocenters. The van der Waals surface area contributed by atoms with Crippen LogP contribution in [0.25, 0.3) is 0 Å². The Bertz CT molecular complexity index is 360. The van der Waals surface area contributed by atoms with Crippen LogP contribution in [-0.2, 0) is 9.59 Å². The zero-order valence-electron chi connectivity index (χ0n) is 13.0. The van der Waals surface area contributed by atoms with Gasteiger partial charge in [0.2, 0.25) is 5.91 Å². The van der Waals surface area contributed by atoms with Crippen molar-refractivity contribution in [1.82, 2.24) is 15.1 Å². The molecule has 3 amide bonds. The summed E-state index contributed by atoms with van der Waals surface area (Å²) in [6.07, 6.45) is 0.711. The summed E-state index contributed by atoms with van der Waals surface area (Å²) < 4.78 is 0. The molecule has 0 spiro atoms. The lowest BCUT2D eigenvalue weighted by molar-refractivity contribution is -0.139. The monoisotopic (exact) mass is 302 g/mol. The van der Waals surface area contributed by atoms with E-state index in [2.05, 4.69) is 5.32 Å². The number of primary amides is 1. The summed E-state index contributed by atoms with van der Waals surface area (Å²) in [4.78, 5) is 37.4. The van der Waals surface area contributed by atoms with Crippen LogP contribution in [0.4, 0.5) is 4.79 Å². The Kier molecular flexibility index (Phi) is 9.11. The molecule has 122 valence electrons. The smallest absolute Gasteiger partial charge is 0.326 e. The summed E-state index contributed by atoms with van der Waals surface area (Å²) in [6, 6.07) is -1.54. The Hall–Kier alpha value is -1.83. The molecule has 0 aromatic heterocycles. The van der Waals surface area contributed by atoms with Crippen molar-refractivity contribution < 1.29 is 19.5 Å². The van der Waals surface area contributed by atoms with Crippen LogP contribution in [-0.4, -0.2) is 72.6 Å². The lowest BCUT2D eigenvalue weighted by Crippen LogP contribution is -2.48. The van der Waals surface area contributed by atoms with Crippen molar-refractivity contribution in [1.29, 1.82) is 0 Å². The summed E-state index contributed by atoms with van der Waals surface area (Å²) in [7, 11) is 3.89. The Morgan fingerprint density at radius 1 is 1.24 bits per heavy atom. The first-order valence-electron chi connectivity index (χ1n) is 6.99. The number of carboxylic acids is 1. The van der Waals surface area contributed by atoms with E-state index in [9.17, 15) is 14.4 Å². The van der Waals surface area contributed by atoms with Crippen molar-refractivity contribution in [2.24, 2.45) is 5.73 Å². The van der Waals surface area contributed by atoms with Crippen molar-refractivity contribution in [2.75, 3.05) is 33.7 Å².